The Kier molecular flexibility index (Phi) is 5.30. The predicted octanol–water partition coefficient (Wildman–Crippen LogP) is 3.52. The molecule has 2 heterocycles. The number of likely N-dealkylation sites (tertiary alicyclic amines) is 1. The number of piperidine rings is 1. The monoisotopic (exact) mass is 380 g/mol. The van der Waals surface area contributed by atoms with E-state index >= 15 is 0 Å². The van der Waals surface area contributed by atoms with Crippen LogP contribution in [0.1, 0.15) is 30.1 Å². The summed E-state index contributed by atoms with van der Waals surface area (Å²) in [7, 11) is 1.56. The van der Waals surface area contributed by atoms with E-state index in [4.69, 9.17) is 9.47 Å². The fraction of sp³-hybridized carbons (Fsp3) is 0.364. The summed E-state index contributed by atoms with van der Waals surface area (Å²) in [6, 6.07) is 17.4. The zero-order chi connectivity index (χ0) is 19.5. The molecule has 0 spiro atoms. The van der Waals surface area contributed by atoms with Crippen LogP contribution in [0.25, 0.3) is 0 Å². The van der Waals surface area contributed by atoms with E-state index in [0.29, 0.717) is 32.5 Å². The van der Waals surface area contributed by atoms with E-state index in [0.717, 1.165) is 16.8 Å². The van der Waals surface area contributed by atoms with Crippen LogP contribution in [-0.2, 0) is 20.9 Å². The van der Waals surface area contributed by atoms with Crippen molar-refractivity contribution in [3.8, 4) is 0 Å². The minimum atomic E-state index is -0.599. The second-order valence-electron chi connectivity index (χ2n) is 7.14. The zero-order valence-electron chi connectivity index (χ0n) is 15.9. The lowest BCUT2D eigenvalue weighted by Crippen LogP contribution is -2.51. The maximum atomic E-state index is 13.0. The Bertz CT molecular complexity index is 847. The van der Waals surface area contributed by atoms with Crippen LogP contribution in [0.4, 0.5) is 10.5 Å². The van der Waals surface area contributed by atoms with Gasteiger partial charge in [-0.25, -0.2) is 4.79 Å². The lowest BCUT2D eigenvalue weighted by Gasteiger charge is -2.40. The van der Waals surface area contributed by atoms with Crippen LogP contribution in [0, 0.1) is 0 Å². The third kappa shape index (κ3) is 3.47. The summed E-state index contributed by atoms with van der Waals surface area (Å²) in [5, 5.41) is 0. The number of hydrogen-bond acceptors (Lipinski definition) is 4. The van der Waals surface area contributed by atoms with E-state index in [2.05, 4.69) is 0 Å². The first-order valence-electron chi connectivity index (χ1n) is 9.59. The van der Waals surface area contributed by atoms with Crippen LogP contribution in [0.5, 0.6) is 0 Å². The molecular formula is C22H24N2O4. The molecule has 2 aromatic carbocycles. The van der Waals surface area contributed by atoms with Crippen LogP contribution in [0.15, 0.2) is 54.6 Å². The molecular weight excluding hydrogens is 356 g/mol. The van der Waals surface area contributed by atoms with Crippen molar-refractivity contribution in [1.29, 1.82) is 0 Å². The molecule has 2 aliphatic heterocycles. The van der Waals surface area contributed by atoms with Crippen LogP contribution in [0.2, 0.25) is 0 Å². The van der Waals surface area contributed by atoms with Gasteiger partial charge >= 0.3 is 6.09 Å². The Morgan fingerprint density at radius 3 is 2.46 bits per heavy atom. The molecule has 1 atom stereocenters. The highest BCUT2D eigenvalue weighted by atomic mass is 16.6. The second-order valence-corrected chi connectivity index (χ2v) is 7.14. The number of para-hydroxylation sites is 1. The largest absolute Gasteiger partial charge is 0.444 e. The lowest BCUT2D eigenvalue weighted by atomic mass is 9.99. The third-order valence-electron chi connectivity index (χ3n) is 5.50. The maximum Gasteiger partial charge on any atom is 0.414 e. The molecule has 0 N–H and O–H groups in total. The van der Waals surface area contributed by atoms with Gasteiger partial charge in [0.05, 0.1) is 5.69 Å². The molecule has 6 nitrogen and oxygen atoms in total. The summed E-state index contributed by atoms with van der Waals surface area (Å²) in [5.74, 6) is -0.0335. The number of amides is 2. The normalized spacial score (nSPS) is 18.4. The Morgan fingerprint density at radius 1 is 1.07 bits per heavy atom. The van der Waals surface area contributed by atoms with Gasteiger partial charge in [-0.15, -0.1) is 0 Å². The minimum Gasteiger partial charge on any atom is -0.444 e. The molecule has 1 fully saturated rings. The van der Waals surface area contributed by atoms with Crippen molar-refractivity contribution in [3.05, 3.63) is 65.7 Å². The summed E-state index contributed by atoms with van der Waals surface area (Å²) in [5.41, 5.74) is 2.79. The second kappa shape index (κ2) is 8.02. The predicted molar refractivity (Wildman–Crippen MR) is 105 cm³/mol. The number of ether oxygens (including phenoxy) is 2. The maximum absolute atomic E-state index is 13.0. The Hall–Kier alpha value is -2.86. The highest BCUT2D eigenvalue weighted by molar-refractivity contribution is 5.91. The number of benzene rings is 2. The first-order valence-corrected chi connectivity index (χ1v) is 9.59. The molecule has 6 heteroatoms. The number of rotatable bonds is 4. The molecule has 0 aromatic heterocycles. The van der Waals surface area contributed by atoms with Crippen LogP contribution in [0.3, 0.4) is 0 Å². The summed E-state index contributed by atoms with van der Waals surface area (Å²) in [6.45, 7) is 1.49. The van der Waals surface area contributed by atoms with E-state index in [9.17, 15) is 9.59 Å². The van der Waals surface area contributed by atoms with Gasteiger partial charge in [0.25, 0.3) is 5.91 Å². The van der Waals surface area contributed by atoms with Gasteiger partial charge < -0.3 is 14.4 Å². The molecule has 0 bridgehead atoms. The van der Waals surface area contributed by atoms with Crippen molar-refractivity contribution in [2.75, 3.05) is 25.1 Å². The quantitative estimate of drug-likeness (QED) is 0.814. The van der Waals surface area contributed by atoms with E-state index in [-0.39, 0.29) is 18.0 Å². The number of fused-ring (bicyclic) bond motifs is 1. The van der Waals surface area contributed by atoms with Gasteiger partial charge in [-0.3, -0.25) is 9.69 Å². The summed E-state index contributed by atoms with van der Waals surface area (Å²) in [4.78, 5) is 29.0. The van der Waals surface area contributed by atoms with Crippen molar-refractivity contribution >= 4 is 17.7 Å². The number of carbonyl (C=O) groups is 2. The third-order valence-corrected chi connectivity index (χ3v) is 5.50. The van der Waals surface area contributed by atoms with Crippen molar-refractivity contribution in [2.24, 2.45) is 0 Å². The van der Waals surface area contributed by atoms with E-state index in [1.165, 1.54) is 0 Å². The molecule has 146 valence electrons. The highest BCUT2D eigenvalue weighted by Gasteiger charge is 2.36. The average molecular weight is 380 g/mol. The van der Waals surface area contributed by atoms with Crippen LogP contribution in [-0.4, -0.2) is 43.1 Å². The molecule has 2 amide bonds. The number of carbonyl (C=O) groups excluding carboxylic acids is 2. The molecule has 4 rings (SSSR count). The van der Waals surface area contributed by atoms with Gasteiger partial charge in [-0.05, 0) is 24.5 Å². The molecule has 0 radical (unpaired) electrons. The van der Waals surface area contributed by atoms with Crippen molar-refractivity contribution in [2.45, 2.75) is 31.6 Å². The standard InChI is InChI=1S/C22H24N2O4/c1-27-20(16-7-3-2-4-8-16)21(25)23-13-11-18(12-14-23)24-19-10-6-5-9-17(19)15-28-22(24)26/h2-10,18,20H,11-15H2,1H3. The van der Waals surface area contributed by atoms with E-state index in [1.54, 1.807) is 12.0 Å². The fourth-order valence-corrected chi connectivity index (χ4v) is 4.04. The molecule has 0 aliphatic carbocycles. The van der Waals surface area contributed by atoms with Crippen LogP contribution >= 0.6 is 0 Å². The SMILES string of the molecule is COC(C(=O)N1CCC(N2C(=O)OCc3ccccc32)CC1)c1ccccc1. The molecule has 1 unspecified atom stereocenters. The van der Waals surface area contributed by atoms with Crippen molar-refractivity contribution < 1.29 is 19.1 Å². The van der Waals surface area contributed by atoms with Gasteiger partial charge in [-0.1, -0.05) is 48.5 Å². The number of hydrogen-bond donors (Lipinski definition) is 0. The number of nitrogens with zero attached hydrogens (tertiary/aromatic N) is 2. The number of cyclic esters (lactones) is 1. The average Bonchev–Trinajstić information content (AvgIpc) is 2.75. The number of anilines is 1. The van der Waals surface area contributed by atoms with Crippen LogP contribution < -0.4 is 4.90 Å². The first-order chi connectivity index (χ1) is 13.7. The van der Waals surface area contributed by atoms with Gasteiger partial charge in [-0.2, -0.15) is 0 Å². The van der Waals surface area contributed by atoms with E-state index in [1.807, 2.05) is 59.5 Å². The molecule has 0 saturated carbocycles. The van der Waals surface area contributed by atoms with Gasteiger partial charge in [0.2, 0.25) is 0 Å². The van der Waals surface area contributed by atoms with Gasteiger partial charge in [0, 0.05) is 31.8 Å². The minimum absolute atomic E-state index is 0.0238. The fourth-order valence-electron chi connectivity index (χ4n) is 4.04. The van der Waals surface area contributed by atoms with Gasteiger partial charge in [0.1, 0.15) is 6.61 Å². The molecule has 1 saturated heterocycles. The topological polar surface area (TPSA) is 59.1 Å². The summed E-state index contributed by atoms with van der Waals surface area (Å²) in [6.07, 6.45) is 0.516. The van der Waals surface area contributed by atoms with Crippen molar-refractivity contribution in [3.63, 3.8) is 0 Å². The molecule has 2 aliphatic rings. The molecule has 28 heavy (non-hydrogen) atoms. The summed E-state index contributed by atoms with van der Waals surface area (Å²) < 4.78 is 10.8. The Morgan fingerprint density at radius 2 is 1.75 bits per heavy atom. The van der Waals surface area contributed by atoms with Crippen molar-refractivity contribution in [1.82, 2.24) is 4.90 Å². The Balaban J connectivity index is 1.45. The first kappa shape index (κ1) is 18.5. The molecule has 2 aromatic rings. The van der Waals surface area contributed by atoms with Gasteiger partial charge in [0.15, 0.2) is 6.10 Å². The zero-order valence-corrected chi connectivity index (χ0v) is 15.9. The Labute approximate surface area is 164 Å². The number of methoxy groups -OCH3 is 1. The highest BCUT2D eigenvalue weighted by Crippen LogP contribution is 2.32. The lowest BCUT2D eigenvalue weighted by molar-refractivity contribution is -0.143. The smallest absolute Gasteiger partial charge is 0.414 e. The van der Waals surface area contributed by atoms with E-state index < -0.39 is 6.10 Å². The summed E-state index contributed by atoms with van der Waals surface area (Å²) >= 11 is 0.